The second-order valence-electron chi connectivity index (χ2n) is 9.45. The largest absolute Gasteiger partial charge is 0.444 e. The number of carbonyl (C=O) groups excluding carboxylic acids is 2. The van der Waals surface area contributed by atoms with Gasteiger partial charge in [0.2, 0.25) is 11.9 Å². The number of alkyl carbamates (subject to hydrolysis) is 1. The van der Waals surface area contributed by atoms with E-state index in [-0.39, 0.29) is 11.9 Å². The highest BCUT2D eigenvalue weighted by Gasteiger charge is 2.29. The first-order valence-corrected chi connectivity index (χ1v) is 11.5. The number of nitrogens with zero attached hydrogens (tertiary/aromatic N) is 4. The summed E-state index contributed by atoms with van der Waals surface area (Å²) in [5.74, 6) is 1.15. The average molecular weight is 469 g/mol. The van der Waals surface area contributed by atoms with Crippen LogP contribution in [0.5, 0.6) is 0 Å². The van der Waals surface area contributed by atoms with E-state index < -0.39 is 11.7 Å². The van der Waals surface area contributed by atoms with Crippen LogP contribution in [0.1, 0.15) is 27.2 Å². The quantitative estimate of drug-likeness (QED) is 0.645. The molecule has 1 aromatic carbocycles. The molecular formula is C24H32N6O4. The fourth-order valence-electron chi connectivity index (χ4n) is 4.06. The number of aromatic nitrogens is 2. The molecule has 0 unspecified atom stereocenters. The maximum absolute atomic E-state index is 12.2. The summed E-state index contributed by atoms with van der Waals surface area (Å²) in [6.07, 6.45) is 1.60. The monoisotopic (exact) mass is 468 g/mol. The van der Waals surface area contributed by atoms with Crippen molar-refractivity contribution in [1.82, 2.24) is 15.3 Å². The van der Waals surface area contributed by atoms with Gasteiger partial charge >= 0.3 is 6.09 Å². The number of ether oxygens (including phenoxy) is 2. The Balaban J connectivity index is 1.61. The van der Waals surface area contributed by atoms with Crippen molar-refractivity contribution in [2.75, 3.05) is 54.5 Å². The van der Waals surface area contributed by atoms with Gasteiger partial charge in [-0.2, -0.15) is 4.98 Å². The van der Waals surface area contributed by atoms with E-state index in [0.29, 0.717) is 44.5 Å². The van der Waals surface area contributed by atoms with Gasteiger partial charge in [0.1, 0.15) is 11.4 Å². The molecule has 1 atom stereocenters. The molecule has 0 aliphatic carbocycles. The van der Waals surface area contributed by atoms with E-state index in [1.54, 1.807) is 0 Å². The lowest BCUT2D eigenvalue weighted by Crippen LogP contribution is -2.40. The molecular weight excluding hydrogens is 436 g/mol. The van der Waals surface area contributed by atoms with Gasteiger partial charge in [0.05, 0.1) is 24.8 Å². The predicted octanol–water partition coefficient (Wildman–Crippen LogP) is 2.69. The first-order valence-electron chi connectivity index (χ1n) is 11.5. The number of benzene rings is 1. The molecule has 3 heterocycles. The topological polar surface area (TPSA) is 109 Å². The van der Waals surface area contributed by atoms with E-state index in [4.69, 9.17) is 19.4 Å². The number of hydrogen-bond acceptors (Lipinski definition) is 8. The highest BCUT2D eigenvalue weighted by Crippen LogP contribution is 2.31. The number of amides is 2. The van der Waals surface area contributed by atoms with Crippen LogP contribution in [-0.4, -0.2) is 73.0 Å². The van der Waals surface area contributed by atoms with Crippen LogP contribution in [0.3, 0.4) is 0 Å². The van der Waals surface area contributed by atoms with Crippen LogP contribution in [0, 0.1) is 0 Å². The van der Waals surface area contributed by atoms with E-state index in [0.717, 1.165) is 29.7 Å². The van der Waals surface area contributed by atoms with Gasteiger partial charge in [-0.05, 0) is 51.5 Å². The summed E-state index contributed by atoms with van der Waals surface area (Å²) < 4.78 is 10.9. The minimum Gasteiger partial charge on any atom is -0.444 e. The number of morpholine rings is 1. The summed E-state index contributed by atoms with van der Waals surface area (Å²) in [6, 6.07) is 5.55. The Morgan fingerprint density at radius 3 is 2.65 bits per heavy atom. The first kappa shape index (κ1) is 23.7. The fourth-order valence-corrected chi connectivity index (χ4v) is 4.06. The Hall–Kier alpha value is -3.40. The van der Waals surface area contributed by atoms with Gasteiger partial charge in [0.15, 0.2) is 0 Å². The van der Waals surface area contributed by atoms with Gasteiger partial charge < -0.3 is 29.9 Å². The standard InChI is InChI=1S/C24H32N6O4/c1-5-20(31)25-16-6-7-18-19(14-16)27-22(29-10-12-33-13-11-29)28-21(18)30-9-8-17(15-30)26-23(32)34-24(2,3)4/h5-7,14,17H,1,8-13,15H2,2-4H3,(H,25,31)(H,26,32)/t17-/m1/s1. The summed E-state index contributed by atoms with van der Waals surface area (Å²) in [5, 5.41) is 6.64. The third-order valence-corrected chi connectivity index (χ3v) is 5.62. The van der Waals surface area contributed by atoms with Gasteiger partial charge in [0, 0.05) is 37.3 Å². The molecule has 0 bridgehead atoms. The smallest absolute Gasteiger partial charge is 0.407 e. The molecule has 1 aromatic heterocycles. The van der Waals surface area contributed by atoms with E-state index in [1.165, 1.54) is 6.08 Å². The fraction of sp³-hybridized carbons (Fsp3) is 0.500. The van der Waals surface area contributed by atoms with Crippen molar-refractivity contribution in [1.29, 1.82) is 0 Å². The summed E-state index contributed by atoms with van der Waals surface area (Å²) >= 11 is 0. The van der Waals surface area contributed by atoms with Gasteiger partial charge in [-0.25, -0.2) is 9.78 Å². The van der Waals surface area contributed by atoms with E-state index >= 15 is 0 Å². The minimum atomic E-state index is -0.545. The van der Waals surface area contributed by atoms with E-state index in [9.17, 15) is 9.59 Å². The van der Waals surface area contributed by atoms with Crippen LogP contribution < -0.4 is 20.4 Å². The minimum absolute atomic E-state index is 0.0437. The number of fused-ring (bicyclic) bond motifs is 1. The number of carbonyl (C=O) groups is 2. The van der Waals surface area contributed by atoms with E-state index in [2.05, 4.69) is 27.0 Å². The van der Waals surface area contributed by atoms with Crippen LogP contribution >= 0.6 is 0 Å². The zero-order valence-corrected chi connectivity index (χ0v) is 20.0. The summed E-state index contributed by atoms with van der Waals surface area (Å²) in [4.78, 5) is 38.0. The molecule has 2 saturated heterocycles. The Bertz CT molecular complexity index is 1080. The SMILES string of the molecule is C=CC(=O)Nc1ccc2c(N3CC[C@@H](NC(=O)OC(C)(C)C)C3)nc(N3CCOCC3)nc2c1. The van der Waals surface area contributed by atoms with Crippen molar-refractivity contribution in [2.45, 2.75) is 38.8 Å². The highest BCUT2D eigenvalue weighted by molar-refractivity contribution is 6.01. The third-order valence-electron chi connectivity index (χ3n) is 5.62. The van der Waals surface area contributed by atoms with Crippen LogP contribution in [0.25, 0.3) is 10.9 Å². The van der Waals surface area contributed by atoms with Crippen LogP contribution in [0.2, 0.25) is 0 Å². The zero-order valence-electron chi connectivity index (χ0n) is 20.0. The molecule has 0 saturated carbocycles. The second kappa shape index (κ2) is 9.84. The molecule has 34 heavy (non-hydrogen) atoms. The number of anilines is 3. The Kier molecular flexibility index (Phi) is 6.87. The second-order valence-corrected chi connectivity index (χ2v) is 9.45. The van der Waals surface area contributed by atoms with Crippen molar-refractivity contribution >= 4 is 40.4 Å². The number of rotatable bonds is 5. The Labute approximate surface area is 199 Å². The lowest BCUT2D eigenvalue weighted by molar-refractivity contribution is -0.111. The van der Waals surface area contributed by atoms with Gasteiger partial charge in [-0.3, -0.25) is 4.79 Å². The van der Waals surface area contributed by atoms with Gasteiger partial charge in [0.25, 0.3) is 0 Å². The summed E-state index contributed by atoms with van der Waals surface area (Å²) in [5.41, 5.74) is 0.828. The van der Waals surface area contributed by atoms with E-state index in [1.807, 2.05) is 39.0 Å². The molecule has 4 rings (SSSR count). The predicted molar refractivity (Wildman–Crippen MR) is 131 cm³/mol. The molecule has 0 spiro atoms. The normalized spacial score (nSPS) is 18.6. The maximum Gasteiger partial charge on any atom is 0.407 e. The van der Waals surface area contributed by atoms with Crippen LogP contribution in [-0.2, 0) is 14.3 Å². The molecule has 2 fully saturated rings. The van der Waals surface area contributed by atoms with Crippen molar-refractivity contribution in [3.63, 3.8) is 0 Å². The van der Waals surface area contributed by atoms with Crippen molar-refractivity contribution in [3.8, 4) is 0 Å². The molecule has 182 valence electrons. The van der Waals surface area contributed by atoms with Crippen LogP contribution in [0.15, 0.2) is 30.9 Å². The highest BCUT2D eigenvalue weighted by atomic mass is 16.6. The molecule has 2 N–H and O–H groups in total. The van der Waals surface area contributed by atoms with Crippen molar-refractivity contribution in [2.24, 2.45) is 0 Å². The lowest BCUT2D eigenvalue weighted by Gasteiger charge is -2.28. The number of nitrogens with one attached hydrogen (secondary N) is 2. The van der Waals surface area contributed by atoms with Gasteiger partial charge in [-0.1, -0.05) is 6.58 Å². The lowest BCUT2D eigenvalue weighted by atomic mass is 10.2. The maximum atomic E-state index is 12.2. The molecule has 2 amide bonds. The van der Waals surface area contributed by atoms with Crippen molar-refractivity contribution in [3.05, 3.63) is 30.9 Å². The van der Waals surface area contributed by atoms with Crippen LogP contribution in [0.4, 0.5) is 22.2 Å². The molecule has 2 aromatic rings. The Morgan fingerprint density at radius 1 is 1.18 bits per heavy atom. The van der Waals surface area contributed by atoms with Crippen molar-refractivity contribution < 1.29 is 19.1 Å². The zero-order chi connectivity index (χ0) is 24.3. The summed E-state index contributed by atoms with van der Waals surface area (Å²) in [6.45, 7) is 13.1. The Morgan fingerprint density at radius 2 is 1.94 bits per heavy atom. The molecule has 2 aliphatic rings. The number of hydrogen-bond donors (Lipinski definition) is 2. The average Bonchev–Trinajstić information content (AvgIpc) is 3.25. The molecule has 0 radical (unpaired) electrons. The third kappa shape index (κ3) is 5.74. The molecule has 2 aliphatic heterocycles. The van der Waals surface area contributed by atoms with Gasteiger partial charge in [-0.15, -0.1) is 0 Å². The first-order chi connectivity index (χ1) is 16.2. The molecule has 10 nitrogen and oxygen atoms in total. The molecule has 10 heteroatoms. The summed E-state index contributed by atoms with van der Waals surface area (Å²) in [7, 11) is 0.